The number of aliphatic carboxylic acids is 1. The molecule has 0 bridgehead atoms. The van der Waals surface area contributed by atoms with E-state index < -0.39 is 31.8 Å². The Balaban J connectivity index is 0.000000209. The van der Waals surface area contributed by atoms with Crippen LogP contribution in [0.4, 0.5) is 10.1 Å². The minimum atomic E-state index is -3.68. The second-order valence-corrected chi connectivity index (χ2v) is 17.6. The molecule has 0 aromatic heterocycles. The van der Waals surface area contributed by atoms with Gasteiger partial charge in [-0.3, -0.25) is 4.79 Å². The van der Waals surface area contributed by atoms with Crippen LogP contribution in [0.25, 0.3) is 12.2 Å². The van der Waals surface area contributed by atoms with E-state index in [1.165, 1.54) is 68.8 Å². The van der Waals surface area contributed by atoms with Gasteiger partial charge in [0.05, 0.1) is 24.0 Å². The number of aryl methyl sites for hydroxylation is 2. The van der Waals surface area contributed by atoms with E-state index in [1.54, 1.807) is 36.4 Å². The highest BCUT2D eigenvalue weighted by molar-refractivity contribution is 7.89. The Morgan fingerprint density at radius 3 is 1.60 bits per heavy atom. The number of halogens is 1. The van der Waals surface area contributed by atoms with E-state index in [-0.39, 0.29) is 39.8 Å². The lowest BCUT2D eigenvalue weighted by molar-refractivity contribution is -0.131. The van der Waals surface area contributed by atoms with Crippen LogP contribution in [0.15, 0.2) is 125 Å². The number of benzene rings is 5. The molecular weight excluding hydrogens is 810 g/mol. The second-order valence-electron chi connectivity index (χ2n) is 14.2. The largest absolute Gasteiger partial charge is 0.497 e. The lowest BCUT2D eigenvalue weighted by Crippen LogP contribution is -2.27. The van der Waals surface area contributed by atoms with Gasteiger partial charge in [-0.2, -0.15) is 0 Å². The van der Waals surface area contributed by atoms with E-state index in [1.807, 2.05) is 30.3 Å². The van der Waals surface area contributed by atoms with Gasteiger partial charge in [-0.15, -0.1) is 0 Å². The van der Waals surface area contributed by atoms with E-state index in [2.05, 4.69) is 9.44 Å². The van der Waals surface area contributed by atoms with Crippen LogP contribution in [0, 0.1) is 5.82 Å². The number of carboxylic acid groups (broad SMARTS) is 1. The molecule has 12 nitrogen and oxygen atoms in total. The maximum absolute atomic E-state index is 13.2. The van der Waals surface area contributed by atoms with Crippen molar-refractivity contribution in [3.8, 4) is 11.5 Å². The average Bonchev–Trinajstić information content (AvgIpc) is 3.82. The maximum atomic E-state index is 13.2. The van der Waals surface area contributed by atoms with Gasteiger partial charge in [0.1, 0.15) is 17.3 Å². The van der Waals surface area contributed by atoms with Gasteiger partial charge >= 0.3 is 5.97 Å². The predicted octanol–water partition coefficient (Wildman–Crippen LogP) is 6.97. The molecule has 312 valence electrons. The average molecular weight is 854 g/mol. The molecule has 2 aliphatic rings. The topological polar surface area (TPSA) is 191 Å². The van der Waals surface area contributed by atoms with Crippen molar-refractivity contribution in [3.05, 3.63) is 160 Å². The minimum absolute atomic E-state index is 0.0861. The summed E-state index contributed by atoms with van der Waals surface area (Å²) < 4.78 is 79.7. The van der Waals surface area contributed by atoms with E-state index in [9.17, 15) is 30.8 Å². The summed E-state index contributed by atoms with van der Waals surface area (Å²) in [5, 5.41) is 8.71. The molecule has 5 aromatic carbocycles. The summed E-state index contributed by atoms with van der Waals surface area (Å²) in [6, 6.07) is 27.1. The van der Waals surface area contributed by atoms with Crippen LogP contribution in [0.3, 0.4) is 0 Å². The molecule has 2 aliphatic carbocycles. The zero-order chi connectivity index (χ0) is 43.0. The number of sulfonamides is 2. The molecule has 0 fully saturated rings. The Labute approximate surface area is 348 Å². The van der Waals surface area contributed by atoms with Gasteiger partial charge in [0, 0.05) is 30.3 Å². The number of nitrogen functional groups attached to an aromatic ring is 1. The van der Waals surface area contributed by atoms with Crippen LogP contribution in [0.2, 0.25) is 0 Å². The van der Waals surface area contributed by atoms with Gasteiger partial charge in [0.15, 0.2) is 5.78 Å². The van der Waals surface area contributed by atoms with Crippen molar-refractivity contribution < 1.29 is 45.4 Å². The minimum Gasteiger partial charge on any atom is -0.497 e. The molecule has 7 rings (SSSR count). The first-order chi connectivity index (χ1) is 28.6. The monoisotopic (exact) mass is 853 g/mol. The van der Waals surface area contributed by atoms with Crippen LogP contribution in [0.1, 0.15) is 63.9 Å². The molecule has 0 amide bonds. The smallest absolute Gasteiger partial charge is 0.328 e. The number of carbonyl (C=O) groups is 2. The molecule has 2 unspecified atom stereocenters. The molecule has 0 aliphatic heterocycles. The lowest BCUT2D eigenvalue weighted by atomic mass is 10.0. The number of allylic oxidation sites excluding steroid dienone is 1. The third-order valence-electron chi connectivity index (χ3n) is 10.2. The quantitative estimate of drug-likeness (QED) is 0.0671. The second kappa shape index (κ2) is 18.8. The van der Waals surface area contributed by atoms with Crippen molar-refractivity contribution in [3.63, 3.8) is 0 Å². The molecule has 0 spiro atoms. The lowest BCUT2D eigenvalue weighted by Gasteiger charge is -2.15. The van der Waals surface area contributed by atoms with Crippen LogP contribution in [-0.2, 0) is 48.9 Å². The summed E-state index contributed by atoms with van der Waals surface area (Å²) in [5.74, 6) is -0.408. The number of nitrogens with two attached hydrogens (primary N) is 1. The molecule has 0 saturated heterocycles. The van der Waals surface area contributed by atoms with Crippen molar-refractivity contribution >= 4 is 49.6 Å². The number of hydrogen-bond donors (Lipinski definition) is 4. The van der Waals surface area contributed by atoms with Gasteiger partial charge < -0.3 is 20.3 Å². The number of rotatable bonds is 14. The highest BCUT2D eigenvalue weighted by Crippen LogP contribution is 2.35. The standard InChI is InChI=1S/C26H25FN2O4S.C19H19NO5S/c1-33-22-8-10-23(11-9-22)34(31,32)29-26-13-5-18-14-17(3-12-24(18)26)2-7-21(30)15-19-4-6-20(27)16-25(19)28;1-25-15-5-7-16(8-6-15)26(23,24)20-18-10-4-14-12-13(2-9-17(14)18)3-11-19(21)22/h2-4,6-12,14,16,26,29H,5,13,15,28H2,1H3;2-3,5-9,11-12,18,20H,4,10H2,1H3,(H,21,22)/b7-2+;11-3+. The van der Waals surface area contributed by atoms with Crippen LogP contribution in [0.5, 0.6) is 11.5 Å². The van der Waals surface area contributed by atoms with E-state index in [4.69, 9.17) is 20.3 Å². The fourth-order valence-electron chi connectivity index (χ4n) is 7.08. The highest BCUT2D eigenvalue weighted by atomic mass is 32.2. The number of carbonyl (C=O) groups excluding carboxylic acids is 1. The molecule has 2 atom stereocenters. The summed E-state index contributed by atoms with van der Waals surface area (Å²) in [5.41, 5.74) is 12.2. The summed E-state index contributed by atoms with van der Waals surface area (Å²) in [6.07, 6.45) is 8.67. The number of hydrogen-bond acceptors (Lipinski definition) is 9. The van der Waals surface area contributed by atoms with E-state index >= 15 is 0 Å². The van der Waals surface area contributed by atoms with Crippen molar-refractivity contribution in [1.29, 1.82) is 0 Å². The highest BCUT2D eigenvalue weighted by Gasteiger charge is 2.29. The summed E-state index contributed by atoms with van der Waals surface area (Å²) in [7, 11) is -4.27. The van der Waals surface area contributed by atoms with Crippen molar-refractivity contribution in [2.45, 2.75) is 54.0 Å². The fourth-order valence-corrected chi connectivity index (χ4v) is 9.58. The molecule has 0 radical (unpaired) electrons. The first-order valence-corrected chi connectivity index (χ1v) is 21.8. The van der Waals surface area contributed by atoms with Crippen molar-refractivity contribution in [2.24, 2.45) is 0 Å². The first-order valence-electron chi connectivity index (χ1n) is 18.9. The summed E-state index contributed by atoms with van der Waals surface area (Å²) in [4.78, 5) is 23.3. The number of carboxylic acids is 1. The number of ether oxygens (including phenoxy) is 2. The van der Waals surface area contributed by atoms with E-state index in [0.717, 1.165) is 52.3 Å². The Morgan fingerprint density at radius 1 is 0.700 bits per heavy atom. The normalized spacial score (nSPS) is 15.9. The Kier molecular flexibility index (Phi) is 13.6. The molecule has 0 heterocycles. The maximum Gasteiger partial charge on any atom is 0.328 e. The van der Waals surface area contributed by atoms with Gasteiger partial charge in [0.25, 0.3) is 0 Å². The number of fused-ring (bicyclic) bond motifs is 2. The molecular formula is C45H44FN3O9S2. The van der Waals surface area contributed by atoms with Crippen molar-refractivity contribution in [1.82, 2.24) is 9.44 Å². The third kappa shape index (κ3) is 10.9. The Hall–Kier alpha value is -6.13. The number of nitrogens with one attached hydrogen (secondary N) is 2. The Bertz CT molecular complexity index is 2670. The molecule has 15 heteroatoms. The van der Waals surface area contributed by atoms with Crippen LogP contribution >= 0.6 is 0 Å². The zero-order valence-corrected chi connectivity index (χ0v) is 34.4. The molecule has 0 saturated carbocycles. The summed E-state index contributed by atoms with van der Waals surface area (Å²) >= 11 is 0. The van der Waals surface area contributed by atoms with Gasteiger partial charge in [-0.1, -0.05) is 48.5 Å². The van der Waals surface area contributed by atoms with E-state index in [0.29, 0.717) is 29.9 Å². The first kappa shape index (κ1) is 43.4. The van der Waals surface area contributed by atoms with Crippen LogP contribution < -0.4 is 24.7 Å². The zero-order valence-electron chi connectivity index (χ0n) is 32.8. The number of ketones is 1. The molecule has 60 heavy (non-hydrogen) atoms. The number of methoxy groups -OCH3 is 2. The fraction of sp³-hybridized carbons (Fsp3) is 0.200. The third-order valence-corrected chi connectivity index (χ3v) is 13.2. The van der Waals surface area contributed by atoms with Gasteiger partial charge in [-0.05, 0) is 137 Å². The summed E-state index contributed by atoms with van der Waals surface area (Å²) in [6.45, 7) is 0. The van der Waals surface area contributed by atoms with Gasteiger partial charge in [-0.25, -0.2) is 35.5 Å². The van der Waals surface area contributed by atoms with Gasteiger partial charge in [0.2, 0.25) is 20.0 Å². The SMILES string of the molecule is COc1ccc(S(=O)(=O)NC2CCc3cc(/C=C/C(=O)Cc4ccc(F)cc4N)ccc32)cc1.COc1ccc(S(=O)(=O)NC2CCc3cc(/C=C/C(=O)O)ccc32)cc1. The molecule has 5 N–H and O–H groups in total. The predicted molar refractivity (Wildman–Crippen MR) is 227 cm³/mol. The number of anilines is 1. The van der Waals surface area contributed by atoms with Crippen LogP contribution in [-0.4, -0.2) is 47.9 Å². The molecule has 5 aromatic rings. The Morgan fingerprint density at radius 2 is 1.17 bits per heavy atom. The van der Waals surface area contributed by atoms with Crippen molar-refractivity contribution in [2.75, 3.05) is 20.0 Å².